The van der Waals surface area contributed by atoms with Gasteiger partial charge in [0.15, 0.2) is 0 Å². The first-order valence-electron chi connectivity index (χ1n) is 5.49. The summed E-state index contributed by atoms with van der Waals surface area (Å²) in [5.74, 6) is -0.495. The second-order valence-corrected chi connectivity index (χ2v) is 3.72. The number of hydrogen-bond donors (Lipinski definition) is 2. The highest BCUT2D eigenvalue weighted by Gasteiger charge is 2.33. The molecule has 0 bridgehead atoms. The third-order valence-electron chi connectivity index (χ3n) is 2.25. The van der Waals surface area contributed by atoms with Gasteiger partial charge in [0.05, 0.1) is 6.61 Å². The molecule has 0 aromatic carbocycles. The maximum atomic E-state index is 12.3. The van der Waals surface area contributed by atoms with Crippen LogP contribution in [0.3, 0.4) is 0 Å². The molecule has 0 radical (unpaired) electrons. The number of aromatic nitrogens is 1. The molecule has 1 aromatic rings. The van der Waals surface area contributed by atoms with Crippen molar-refractivity contribution < 1.29 is 23.1 Å². The molecule has 8 heteroatoms. The second kappa shape index (κ2) is 6.37. The van der Waals surface area contributed by atoms with Crippen LogP contribution in [0.15, 0.2) is 18.2 Å². The number of carbonyl (C=O) groups excluding carboxylic acids is 1. The average molecular weight is 277 g/mol. The number of carbonyl (C=O) groups is 1. The van der Waals surface area contributed by atoms with Crippen LogP contribution in [0.4, 0.5) is 19.0 Å². The fourth-order valence-corrected chi connectivity index (χ4v) is 1.44. The van der Waals surface area contributed by atoms with E-state index in [1.54, 1.807) is 13.1 Å². The van der Waals surface area contributed by atoms with Gasteiger partial charge < -0.3 is 15.3 Å². The number of alkyl halides is 3. The number of nitrogens with one attached hydrogen (secondary N) is 1. The fourth-order valence-electron chi connectivity index (χ4n) is 1.44. The normalized spacial score (nSPS) is 11.2. The quantitative estimate of drug-likeness (QED) is 0.846. The molecular weight excluding hydrogens is 263 g/mol. The Morgan fingerprint density at radius 3 is 2.68 bits per heavy atom. The van der Waals surface area contributed by atoms with Crippen molar-refractivity contribution in [1.82, 2.24) is 9.88 Å². The van der Waals surface area contributed by atoms with Crippen LogP contribution < -0.4 is 5.32 Å². The zero-order valence-electron chi connectivity index (χ0n) is 10.2. The van der Waals surface area contributed by atoms with E-state index in [2.05, 4.69) is 10.3 Å². The minimum atomic E-state index is -4.52. The van der Waals surface area contributed by atoms with E-state index in [4.69, 9.17) is 5.11 Å². The Hall–Kier alpha value is -1.83. The van der Waals surface area contributed by atoms with Crippen molar-refractivity contribution in [1.29, 1.82) is 0 Å². The lowest BCUT2D eigenvalue weighted by molar-refractivity contribution is -0.141. The lowest BCUT2D eigenvalue weighted by Crippen LogP contribution is -2.41. The standard InChI is InChI=1S/C11H14F3N3O2/c1-15-9-4-2-3-8(16-9)10(19)17(5-6-18)7-11(12,13)14/h2-4,18H,5-7H2,1H3,(H,15,16). The number of halogens is 3. The van der Waals surface area contributed by atoms with E-state index in [0.29, 0.717) is 10.7 Å². The summed E-state index contributed by atoms with van der Waals surface area (Å²) in [5.41, 5.74) is -0.107. The number of rotatable bonds is 5. The Morgan fingerprint density at radius 2 is 2.16 bits per heavy atom. The van der Waals surface area contributed by atoms with Crippen LogP contribution in [0, 0.1) is 0 Å². The molecule has 1 amide bonds. The predicted molar refractivity (Wildman–Crippen MR) is 62.8 cm³/mol. The zero-order chi connectivity index (χ0) is 14.5. The topological polar surface area (TPSA) is 65.5 Å². The number of hydrogen-bond acceptors (Lipinski definition) is 4. The number of aliphatic hydroxyl groups is 1. The van der Waals surface area contributed by atoms with Gasteiger partial charge in [0.1, 0.15) is 18.1 Å². The van der Waals surface area contributed by atoms with Crippen molar-refractivity contribution in [2.24, 2.45) is 0 Å². The van der Waals surface area contributed by atoms with Gasteiger partial charge in [-0.1, -0.05) is 6.07 Å². The Kier molecular flexibility index (Phi) is 5.11. The molecule has 19 heavy (non-hydrogen) atoms. The summed E-state index contributed by atoms with van der Waals surface area (Å²) >= 11 is 0. The van der Waals surface area contributed by atoms with E-state index in [1.807, 2.05) is 0 Å². The summed E-state index contributed by atoms with van der Waals surface area (Å²) in [6.45, 7) is -2.37. The molecule has 0 saturated heterocycles. The van der Waals surface area contributed by atoms with Gasteiger partial charge in [-0.3, -0.25) is 4.79 Å². The van der Waals surface area contributed by atoms with Crippen molar-refractivity contribution in [3.8, 4) is 0 Å². The number of anilines is 1. The first-order chi connectivity index (χ1) is 8.87. The summed E-state index contributed by atoms with van der Waals surface area (Å²) in [6.07, 6.45) is -4.52. The molecule has 0 unspecified atom stereocenters. The van der Waals surface area contributed by atoms with Crippen molar-refractivity contribution in [2.45, 2.75) is 6.18 Å². The molecular formula is C11H14F3N3O2. The maximum absolute atomic E-state index is 12.3. The maximum Gasteiger partial charge on any atom is 0.406 e. The summed E-state index contributed by atoms with van der Waals surface area (Å²) in [4.78, 5) is 16.3. The van der Waals surface area contributed by atoms with Gasteiger partial charge in [-0.25, -0.2) is 4.98 Å². The molecule has 2 N–H and O–H groups in total. The van der Waals surface area contributed by atoms with Gasteiger partial charge in [0.2, 0.25) is 0 Å². The second-order valence-electron chi connectivity index (χ2n) is 3.72. The summed E-state index contributed by atoms with van der Waals surface area (Å²) < 4.78 is 37.0. The molecule has 106 valence electrons. The Balaban J connectivity index is 2.91. The largest absolute Gasteiger partial charge is 0.406 e. The minimum absolute atomic E-state index is 0.107. The highest BCUT2D eigenvalue weighted by molar-refractivity contribution is 5.92. The molecule has 1 rings (SSSR count). The van der Waals surface area contributed by atoms with Gasteiger partial charge in [0, 0.05) is 13.6 Å². The van der Waals surface area contributed by atoms with Crippen LogP contribution in [-0.2, 0) is 0 Å². The van der Waals surface area contributed by atoms with Crippen molar-refractivity contribution in [2.75, 3.05) is 32.1 Å². The molecule has 0 fully saturated rings. The lowest BCUT2D eigenvalue weighted by Gasteiger charge is -2.22. The number of amides is 1. The summed E-state index contributed by atoms with van der Waals surface area (Å²) in [6, 6.07) is 4.41. The van der Waals surface area contributed by atoms with Crippen LogP contribution in [0.25, 0.3) is 0 Å². The van der Waals surface area contributed by atoms with Crippen molar-refractivity contribution in [3.63, 3.8) is 0 Å². The lowest BCUT2D eigenvalue weighted by atomic mass is 10.3. The molecule has 5 nitrogen and oxygen atoms in total. The zero-order valence-corrected chi connectivity index (χ0v) is 10.2. The Morgan fingerprint density at radius 1 is 1.47 bits per heavy atom. The molecule has 0 saturated carbocycles. The molecule has 0 aliphatic rings. The highest BCUT2D eigenvalue weighted by Crippen LogP contribution is 2.18. The van der Waals surface area contributed by atoms with Crippen LogP contribution in [0.1, 0.15) is 10.5 Å². The van der Waals surface area contributed by atoms with Crippen molar-refractivity contribution in [3.05, 3.63) is 23.9 Å². The van der Waals surface area contributed by atoms with Crippen LogP contribution in [0.2, 0.25) is 0 Å². The van der Waals surface area contributed by atoms with Gasteiger partial charge in [-0.2, -0.15) is 13.2 Å². The first-order valence-corrected chi connectivity index (χ1v) is 5.49. The summed E-state index contributed by atoms with van der Waals surface area (Å²) in [5, 5.41) is 11.4. The van der Waals surface area contributed by atoms with Crippen LogP contribution >= 0.6 is 0 Å². The van der Waals surface area contributed by atoms with Gasteiger partial charge >= 0.3 is 6.18 Å². The Labute approximate surface area is 108 Å². The van der Waals surface area contributed by atoms with E-state index < -0.39 is 31.8 Å². The third-order valence-corrected chi connectivity index (χ3v) is 2.25. The third kappa shape index (κ3) is 4.74. The minimum Gasteiger partial charge on any atom is -0.395 e. The molecule has 0 spiro atoms. The fraction of sp³-hybridized carbons (Fsp3) is 0.455. The van der Waals surface area contributed by atoms with Crippen molar-refractivity contribution >= 4 is 11.7 Å². The predicted octanol–water partition coefficient (Wildman–Crippen LogP) is 1.12. The SMILES string of the molecule is CNc1cccc(C(=O)N(CCO)CC(F)(F)F)n1. The first kappa shape index (κ1) is 15.2. The number of nitrogens with zero attached hydrogens (tertiary/aromatic N) is 2. The van der Waals surface area contributed by atoms with Crippen LogP contribution in [0.5, 0.6) is 0 Å². The van der Waals surface area contributed by atoms with Gasteiger partial charge in [-0.15, -0.1) is 0 Å². The molecule has 1 heterocycles. The average Bonchev–Trinajstić information content (AvgIpc) is 2.36. The van der Waals surface area contributed by atoms with E-state index in [9.17, 15) is 18.0 Å². The summed E-state index contributed by atoms with van der Waals surface area (Å²) in [7, 11) is 1.58. The van der Waals surface area contributed by atoms with E-state index in [1.165, 1.54) is 12.1 Å². The van der Waals surface area contributed by atoms with Gasteiger partial charge in [-0.05, 0) is 12.1 Å². The molecule has 0 atom stereocenters. The number of aliphatic hydroxyl groups excluding tert-OH is 1. The molecule has 1 aromatic heterocycles. The van der Waals surface area contributed by atoms with Crippen LogP contribution in [-0.4, -0.2) is 53.8 Å². The molecule has 0 aliphatic heterocycles. The smallest absolute Gasteiger partial charge is 0.395 e. The molecule has 0 aliphatic carbocycles. The highest BCUT2D eigenvalue weighted by atomic mass is 19.4. The Bertz CT molecular complexity index is 437. The monoisotopic (exact) mass is 277 g/mol. The number of pyridine rings is 1. The van der Waals surface area contributed by atoms with Gasteiger partial charge in [0.25, 0.3) is 5.91 Å². The van der Waals surface area contributed by atoms with E-state index >= 15 is 0 Å². The van der Waals surface area contributed by atoms with E-state index in [-0.39, 0.29) is 5.69 Å². The van der Waals surface area contributed by atoms with E-state index in [0.717, 1.165) is 0 Å².